The normalized spacial score (nSPS) is 14.9. The van der Waals surface area contributed by atoms with Gasteiger partial charge in [-0.2, -0.15) is 0 Å². The zero-order valence-electron chi connectivity index (χ0n) is 14.1. The molecule has 0 spiro atoms. The van der Waals surface area contributed by atoms with E-state index in [1.165, 1.54) is 25.9 Å². The van der Waals surface area contributed by atoms with Crippen LogP contribution in [0.25, 0.3) is 0 Å². The fraction of sp³-hybridized carbons (Fsp3) is 0.556. The van der Waals surface area contributed by atoms with Crippen molar-refractivity contribution in [2.45, 2.75) is 40.0 Å². The first-order chi connectivity index (χ1) is 10.7. The molecule has 1 radical (unpaired) electrons. The summed E-state index contributed by atoms with van der Waals surface area (Å²) in [6, 6.07) is 3.99. The average Bonchev–Trinajstić information content (AvgIpc) is 3.27. The molecule has 2 rings (SSSR count). The number of hydrogen-bond acceptors (Lipinski definition) is 2. The van der Waals surface area contributed by atoms with E-state index in [1.54, 1.807) is 0 Å². The number of nitrogens with one attached hydrogen (secondary N) is 1. The van der Waals surface area contributed by atoms with Gasteiger partial charge in [-0.1, -0.05) is 50.0 Å². The van der Waals surface area contributed by atoms with Crippen molar-refractivity contribution in [2.75, 3.05) is 13.7 Å². The minimum atomic E-state index is -0.426. The Labute approximate surface area is 148 Å². The van der Waals surface area contributed by atoms with E-state index in [4.69, 9.17) is 23.2 Å². The van der Waals surface area contributed by atoms with Crippen LogP contribution in [-0.4, -0.2) is 19.7 Å². The van der Waals surface area contributed by atoms with Crippen LogP contribution in [-0.2, 0) is 11.2 Å². The van der Waals surface area contributed by atoms with E-state index in [0.717, 1.165) is 11.1 Å². The second-order valence-electron chi connectivity index (χ2n) is 7.05. The summed E-state index contributed by atoms with van der Waals surface area (Å²) >= 11 is 12.9. The van der Waals surface area contributed by atoms with E-state index >= 15 is 0 Å². The summed E-state index contributed by atoms with van der Waals surface area (Å²) < 4.78 is 4.58. The first-order valence-electron chi connectivity index (χ1n) is 7.91. The van der Waals surface area contributed by atoms with Crippen molar-refractivity contribution in [3.05, 3.63) is 39.2 Å². The monoisotopic (exact) mass is 356 g/mol. The second kappa shape index (κ2) is 7.31. The van der Waals surface area contributed by atoms with Gasteiger partial charge in [0.15, 0.2) is 0 Å². The maximum Gasteiger partial charge on any atom is 0.406 e. The van der Waals surface area contributed by atoms with Crippen LogP contribution in [0.5, 0.6) is 0 Å². The zero-order valence-corrected chi connectivity index (χ0v) is 15.6. The van der Waals surface area contributed by atoms with Gasteiger partial charge < -0.3 is 10.1 Å². The van der Waals surface area contributed by atoms with Gasteiger partial charge in [0.2, 0.25) is 0 Å². The molecule has 0 saturated heterocycles. The van der Waals surface area contributed by atoms with Gasteiger partial charge in [0, 0.05) is 12.5 Å². The molecule has 1 saturated carbocycles. The van der Waals surface area contributed by atoms with Crippen LogP contribution in [0.15, 0.2) is 12.1 Å². The summed E-state index contributed by atoms with van der Waals surface area (Å²) in [5, 5.41) is 3.89. The van der Waals surface area contributed by atoms with Crippen LogP contribution in [0.4, 0.5) is 4.79 Å². The molecule has 0 heterocycles. The van der Waals surface area contributed by atoms with Crippen molar-refractivity contribution in [1.82, 2.24) is 5.32 Å². The highest BCUT2D eigenvalue weighted by Gasteiger charge is 2.41. The van der Waals surface area contributed by atoms with Crippen molar-refractivity contribution in [3.63, 3.8) is 0 Å². The Morgan fingerprint density at radius 1 is 1.30 bits per heavy atom. The Bertz CT molecular complexity index is 577. The number of methoxy groups -OCH3 is 1. The van der Waals surface area contributed by atoms with Crippen LogP contribution < -0.4 is 5.32 Å². The summed E-state index contributed by atoms with van der Waals surface area (Å²) in [6.07, 6.45) is 2.69. The maximum absolute atomic E-state index is 11.1. The highest BCUT2D eigenvalue weighted by atomic mass is 35.5. The lowest BCUT2D eigenvalue weighted by molar-refractivity contribution is 0.171. The van der Waals surface area contributed by atoms with Gasteiger partial charge in [0.25, 0.3) is 0 Å². The number of alkyl carbamates (subject to hydrolysis) is 1. The summed E-state index contributed by atoms with van der Waals surface area (Å²) in [7, 11) is 1.35. The Morgan fingerprint density at radius 3 is 2.48 bits per heavy atom. The standard InChI is InChI=1S/C18H24Cl2NO2/c1-18(2,3)15(12-5-6-12)13-9-11(10-14(19)16(13)20)7-8-21-17(22)23-4/h9-10,12H,5-8H2,1-4H3,(H,21,22). The highest BCUT2D eigenvalue weighted by Crippen LogP contribution is 2.53. The molecule has 0 atom stereocenters. The van der Waals surface area contributed by atoms with Crippen molar-refractivity contribution in [2.24, 2.45) is 11.3 Å². The van der Waals surface area contributed by atoms with E-state index in [9.17, 15) is 4.79 Å². The number of benzene rings is 1. The van der Waals surface area contributed by atoms with Crippen LogP contribution in [0.2, 0.25) is 10.0 Å². The van der Waals surface area contributed by atoms with Gasteiger partial charge in [-0.3, -0.25) is 0 Å². The van der Waals surface area contributed by atoms with Gasteiger partial charge in [0.1, 0.15) is 0 Å². The Balaban J connectivity index is 2.23. The zero-order chi connectivity index (χ0) is 17.2. The second-order valence-corrected chi connectivity index (χ2v) is 7.83. The van der Waals surface area contributed by atoms with E-state index in [0.29, 0.717) is 28.9 Å². The summed E-state index contributed by atoms with van der Waals surface area (Å²) in [4.78, 5) is 11.1. The molecule has 3 nitrogen and oxygen atoms in total. The topological polar surface area (TPSA) is 38.3 Å². The lowest BCUT2D eigenvalue weighted by Crippen LogP contribution is -2.25. The molecular weight excluding hydrogens is 333 g/mol. The SMILES string of the molecule is COC(=O)NCCc1cc(Cl)c(Cl)c([C](C2CC2)C(C)(C)C)c1. The third-order valence-corrected chi connectivity index (χ3v) is 4.84. The minimum absolute atomic E-state index is 0.0526. The number of carbonyl (C=O) groups excluding carboxylic acids is 1. The fourth-order valence-corrected chi connectivity index (χ4v) is 3.43. The predicted octanol–water partition coefficient (Wildman–Crippen LogP) is 5.27. The number of amides is 1. The van der Waals surface area contributed by atoms with E-state index in [-0.39, 0.29) is 5.41 Å². The number of carbonyl (C=O) groups is 1. The molecule has 1 aromatic carbocycles. The first kappa shape index (κ1) is 18.4. The maximum atomic E-state index is 11.1. The van der Waals surface area contributed by atoms with E-state index < -0.39 is 6.09 Å². The summed E-state index contributed by atoms with van der Waals surface area (Å²) in [6.45, 7) is 7.15. The average molecular weight is 357 g/mol. The largest absolute Gasteiger partial charge is 0.453 e. The Hall–Kier alpha value is -0.930. The third kappa shape index (κ3) is 4.77. The van der Waals surface area contributed by atoms with Crippen LogP contribution in [0.3, 0.4) is 0 Å². The molecule has 0 aromatic heterocycles. The van der Waals surface area contributed by atoms with Gasteiger partial charge in [-0.25, -0.2) is 4.79 Å². The van der Waals surface area contributed by atoms with E-state index in [1.807, 2.05) is 6.07 Å². The van der Waals surface area contributed by atoms with E-state index in [2.05, 4.69) is 36.9 Å². The van der Waals surface area contributed by atoms with Crippen LogP contribution >= 0.6 is 23.2 Å². The molecule has 1 aromatic rings. The first-order valence-corrected chi connectivity index (χ1v) is 8.67. The summed E-state index contributed by atoms with van der Waals surface area (Å²) in [5.74, 6) is 1.99. The lowest BCUT2D eigenvalue weighted by Gasteiger charge is -2.32. The Kier molecular flexibility index (Phi) is 5.85. The molecule has 1 aliphatic carbocycles. The third-order valence-electron chi connectivity index (χ3n) is 4.04. The molecule has 0 aliphatic heterocycles. The smallest absolute Gasteiger partial charge is 0.406 e. The van der Waals surface area contributed by atoms with Crippen molar-refractivity contribution >= 4 is 29.3 Å². The summed E-state index contributed by atoms with van der Waals surface area (Å²) in [5.41, 5.74) is 2.17. The molecule has 1 N–H and O–H groups in total. The Morgan fingerprint density at radius 2 is 1.96 bits per heavy atom. The molecular formula is C18H24Cl2NO2. The minimum Gasteiger partial charge on any atom is -0.453 e. The van der Waals surface area contributed by atoms with Crippen LogP contribution in [0, 0.1) is 17.3 Å². The van der Waals surface area contributed by atoms with Gasteiger partial charge >= 0.3 is 6.09 Å². The van der Waals surface area contributed by atoms with Crippen molar-refractivity contribution in [3.8, 4) is 0 Å². The van der Waals surface area contributed by atoms with Gasteiger partial charge in [0.05, 0.1) is 17.2 Å². The number of ether oxygens (including phenoxy) is 1. The van der Waals surface area contributed by atoms with Crippen molar-refractivity contribution in [1.29, 1.82) is 0 Å². The molecule has 0 bridgehead atoms. The number of hydrogen-bond donors (Lipinski definition) is 1. The molecule has 127 valence electrons. The molecule has 5 heteroatoms. The lowest BCUT2D eigenvalue weighted by atomic mass is 9.73. The highest BCUT2D eigenvalue weighted by molar-refractivity contribution is 6.42. The van der Waals surface area contributed by atoms with Gasteiger partial charge in [-0.05, 0) is 47.8 Å². The predicted molar refractivity (Wildman–Crippen MR) is 95.1 cm³/mol. The number of rotatable bonds is 5. The quantitative estimate of drug-likeness (QED) is 0.780. The molecule has 23 heavy (non-hydrogen) atoms. The molecule has 1 fully saturated rings. The van der Waals surface area contributed by atoms with Crippen LogP contribution in [0.1, 0.15) is 44.7 Å². The fourth-order valence-electron chi connectivity index (χ4n) is 2.97. The molecule has 1 amide bonds. The van der Waals surface area contributed by atoms with Gasteiger partial charge in [-0.15, -0.1) is 0 Å². The van der Waals surface area contributed by atoms with Crippen molar-refractivity contribution < 1.29 is 9.53 Å². The molecule has 0 unspecified atom stereocenters. The number of halogens is 2. The molecule has 1 aliphatic rings.